The van der Waals surface area contributed by atoms with Gasteiger partial charge in [0.25, 0.3) is 17.7 Å². The first kappa shape index (κ1) is 24.0. The number of nitrogens with zero attached hydrogens (tertiary/aromatic N) is 5. The van der Waals surface area contributed by atoms with Crippen LogP contribution < -0.4 is 0 Å². The summed E-state index contributed by atoms with van der Waals surface area (Å²) in [5.74, 6) is -0.329. The largest absolute Gasteiger partial charge is 0.434 e. The average Bonchev–Trinajstić information content (AvgIpc) is 3.49. The summed E-state index contributed by atoms with van der Waals surface area (Å²) < 4.78 is 0. The quantitative estimate of drug-likeness (QED) is 0.571. The van der Waals surface area contributed by atoms with Gasteiger partial charge in [0.15, 0.2) is 0 Å². The smallest absolute Gasteiger partial charge is 0.336 e. The van der Waals surface area contributed by atoms with E-state index < -0.39 is 17.9 Å². The molecule has 0 saturated carbocycles. The summed E-state index contributed by atoms with van der Waals surface area (Å²) in [5.41, 5.74) is 1.59. The van der Waals surface area contributed by atoms with Crippen molar-refractivity contribution in [1.82, 2.24) is 24.7 Å². The van der Waals surface area contributed by atoms with Gasteiger partial charge in [0.1, 0.15) is 0 Å². The van der Waals surface area contributed by atoms with Gasteiger partial charge in [0.2, 0.25) is 0 Å². The number of hydrogen-bond donors (Lipinski definition) is 0. The molecule has 5 rings (SSSR count). The molecule has 4 aliphatic heterocycles. The molecular weight excluding hydrogens is 474 g/mol. The maximum atomic E-state index is 12.8. The second-order valence-corrected chi connectivity index (χ2v) is 10.4. The minimum atomic E-state index is -0.641. The molecule has 35 heavy (non-hydrogen) atoms. The molecule has 0 aliphatic carbocycles. The standard InChI is InChI=1S/C24H30ClN5O5/c1-26-6-8-28(9-7-26)23(33)16-2-3-17(20(25)10-16)11-27-12-18-14-29(15-19(18)13-27)24(34)35-30-21(31)4-5-22(30)32/h2-3,10,18-19H,4-9,11-15H2,1H3. The summed E-state index contributed by atoms with van der Waals surface area (Å²) in [6, 6.07) is 5.57. The summed E-state index contributed by atoms with van der Waals surface area (Å²) in [5, 5.41) is 1.19. The number of hydrogen-bond acceptors (Lipinski definition) is 7. The van der Waals surface area contributed by atoms with Crippen LogP contribution in [0.4, 0.5) is 4.79 Å². The Kier molecular flexibility index (Phi) is 6.69. The van der Waals surface area contributed by atoms with E-state index in [1.807, 2.05) is 17.0 Å². The van der Waals surface area contributed by atoms with Gasteiger partial charge in [-0.3, -0.25) is 19.3 Å². The van der Waals surface area contributed by atoms with Crippen molar-refractivity contribution in [3.8, 4) is 0 Å². The summed E-state index contributed by atoms with van der Waals surface area (Å²) in [6.07, 6.45) is -0.474. The molecule has 2 unspecified atom stereocenters. The molecule has 0 radical (unpaired) electrons. The fourth-order valence-electron chi connectivity index (χ4n) is 5.40. The normalized spacial score (nSPS) is 25.5. The fraction of sp³-hybridized carbons (Fsp3) is 0.583. The Bertz CT molecular complexity index is 1010. The summed E-state index contributed by atoms with van der Waals surface area (Å²) in [7, 11) is 2.06. The van der Waals surface area contributed by atoms with E-state index in [0.717, 1.165) is 44.8 Å². The minimum Gasteiger partial charge on any atom is -0.336 e. The molecule has 0 aromatic heterocycles. The highest BCUT2D eigenvalue weighted by molar-refractivity contribution is 6.31. The lowest BCUT2D eigenvalue weighted by molar-refractivity contribution is -0.173. The lowest BCUT2D eigenvalue weighted by Gasteiger charge is -2.32. The summed E-state index contributed by atoms with van der Waals surface area (Å²) in [4.78, 5) is 61.7. The zero-order valence-corrected chi connectivity index (χ0v) is 20.6. The van der Waals surface area contributed by atoms with Gasteiger partial charge in [-0.05, 0) is 36.6 Å². The predicted molar refractivity (Wildman–Crippen MR) is 126 cm³/mol. The van der Waals surface area contributed by atoms with Crippen LogP contribution in [-0.4, -0.2) is 108 Å². The molecule has 188 valence electrons. The van der Waals surface area contributed by atoms with Crippen molar-refractivity contribution in [2.45, 2.75) is 19.4 Å². The molecule has 4 fully saturated rings. The highest BCUT2D eigenvalue weighted by Gasteiger charge is 2.43. The Morgan fingerprint density at radius 1 is 0.943 bits per heavy atom. The SMILES string of the molecule is CN1CCN(C(=O)c2ccc(CN3CC4CN(C(=O)ON5C(=O)CCC5=O)CC4C3)c(Cl)c2)CC1. The molecule has 4 aliphatic rings. The Morgan fingerprint density at radius 3 is 2.17 bits per heavy atom. The van der Waals surface area contributed by atoms with Gasteiger partial charge in [-0.1, -0.05) is 17.7 Å². The van der Waals surface area contributed by atoms with E-state index in [9.17, 15) is 19.2 Å². The molecule has 0 N–H and O–H groups in total. The molecule has 4 amide bonds. The van der Waals surface area contributed by atoms with Crippen molar-refractivity contribution < 1.29 is 24.0 Å². The lowest BCUT2D eigenvalue weighted by Crippen LogP contribution is -2.47. The third kappa shape index (κ3) is 5.00. The van der Waals surface area contributed by atoms with Crippen LogP contribution in [0.5, 0.6) is 0 Å². The number of amides is 4. The van der Waals surface area contributed by atoms with Crippen LogP contribution in [0.1, 0.15) is 28.8 Å². The van der Waals surface area contributed by atoms with Gasteiger partial charge in [-0.15, -0.1) is 5.06 Å². The fourth-order valence-corrected chi connectivity index (χ4v) is 5.64. The van der Waals surface area contributed by atoms with E-state index in [-0.39, 0.29) is 18.7 Å². The van der Waals surface area contributed by atoms with Gasteiger partial charge in [0.05, 0.1) is 0 Å². The van der Waals surface area contributed by atoms with Crippen molar-refractivity contribution in [3.63, 3.8) is 0 Å². The minimum absolute atomic E-state index is 0.0200. The predicted octanol–water partition coefficient (Wildman–Crippen LogP) is 1.29. The number of fused-ring (bicyclic) bond motifs is 1. The van der Waals surface area contributed by atoms with E-state index in [4.69, 9.17) is 16.4 Å². The summed E-state index contributed by atoms with van der Waals surface area (Å²) >= 11 is 6.57. The van der Waals surface area contributed by atoms with Crippen molar-refractivity contribution in [1.29, 1.82) is 0 Å². The second-order valence-electron chi connectivity index (χ2n) is 9.96. The van der Waals surface area contributed by atoms with Crippen LogP contribution in [0.3, 0.4) is 0 Å². The molecule has 2 atom stereocenters. The Balaban J connectivity index is 1.13. The van der Waals surface area contributed by atoms with Gasteiger partial charge >= 0.3 is 6.09 Å². The molecular formula is C24H30ClN5O5. The topological polar surface area (TPSA) is 93.7 Å². The van der Waals surface area contributed by atoms with Crippen LogP contribution in [0.25, 0.3) is 0 Å². The molecule has 4 saturated heterocycles. The third-order valence-electron chi connectivity index (χ3n) is 7.48. The number of halogens is 1. The van der Waals surface area contributed by atoms with Crippen LogP contribution in [0, 0.1) is 11.8 Å². The van der Waals surface area contributed by atoms with Crippen LogP contribution >= 0.6 is 11.6 Å². The van der Waals surface area contributed by atoms with E-state index in [2.05, 4.69) is 16.8 Å². The zero-order chi connectivity index (χ0) is 24.7. The summed E-state index contributed by atoms with van der Waals surface area (Å²) in [6.45, 7) is 6.56. The Labute approximate surface area is 209 Å². The zero-order valence-electron chi connectivity index (χ0n) is 19.8. The second kappa shape index (κ2) is 9.75. The Morgan fingerprint density at radius 2 is 1.57 bits per heavy atom. The Hall–Kier alpha value is -2.69. The van der Waals surface area contributed by atoms with Gasteiger partial charge in [0, 0.05) is 82.3 Å². The number of carbonyl (C=O) groups is 4. The first-order chi connectivity index (χ1) is 16.8. The molecule has 4 heterocycles. The van der Waals surface area contributed by atoms with E-state index in [1.54, 1.807) is 11.0 Å². The monoisotopic (exact) mass is 503 g/mol. The van der Waals surface area contributed by atoms with Crippen molar-refractivity contribution in [2.24, 2.45) is 11.8 Å². The number of likely N-dealkylation sites (tertiary alicyclic amines) is 2. The number of carbonyl (C=O) groups excluding carboxylic acids is 4. The molecule has 10 nitrogen and oxygen atoms in total. The van der Waals surface area contributed by atoms with Gasteiger partial charge < -0.3 is 19.5 Å². The van der Waals surface area contributed by atoms with Gasteiger partial charge in [-0.2, -0.15) is 0 Å². The van der Waals surface area contributed by atoms with Crippen LogP contribution in [-0.2, 0) is 21.0 Å². The van der Waals surface area contributed by atoms with Crippen molar-refractivity contribution in [2.75, 3.05) is 59.4 Å². The molecule has 0 spiro atoms. The average molecular weight is 504 g/mol. The highest BCUT2D eigenvalue weighted by Crippen LogP contribution is 2.33. The highest BCUT2D eigenvalue weighted by atomic mass is 35.5. The molecule has 0 bridgehead atoms. The number of piperazine rings is 1. The van der Waals surface area contributed by atoms with E-state index in [0.29, 0.717) is 47.1 Å². The first-order valence-electron chi connectivity index (χ1n) is 12.1. The van der Waals surface area contributed by atoms with E-state index >= 15 is 0 Å². The number of benzene rings is 1. The van der Waals surface area contributed by atoms with Crippen molar-refractivity contribution in [3.05, 3.63) is 34.3 Å². The number of hydroxylamine groups is 2. The maximum Gasteiger partial charge on any atom is 0.434 e. The number of imide groups is 1. The number of likely N-dealkylation sites (N-methyl/N-ethyl adjacent to an activating group) is 1. The van der Waals surface area contributed by atoms with Crippen LogP contribution in [0.15, 0.2) is 18.2 Å². The molecule has 1 aromatic rings. The lowest BCUT2D eigenvalue weighted by atomic mass is 10.0. The molecule has 1 aromatic carbocycles. The van der Waals surface area contributed by atoms with Crippen LogP contribution in [0.2, 0.25) is 5.02 Å². The number of rotatable bonds is 4. The third-order valence-corrected chi connectivity index (χ3v) is 7.83. The van der Waals surface area contributed by atoms with Gasteiger partial charge in [-0.25, -0.2) is 4.79 Å². The first-order valence-corrected chi connectivity index (χ1v) is 12.5. The van der Waals surface area contributed by atoms with Crippen molar-refractivity contribution >= 4 is 35.4 Å². The van der Waals surface area contributed by atoms with E-state index in [1.165, 1.54) is 0 Å². The molecule has 11 heteroatoms. The maximum absolute atomic E-state index is 12.8.